The van der Waals surface area contributed by atoms with Gasteiger partial charge in [-0.25, -0.2) is 4.90 Å². The monoisotopic (exact) mass is 444 g/mol. The predicted octanol–water partition coefficient (Wildman–Crippen LogP) is 6.28. The van der Waals surface area contributed by atoms with Crippen molar-refractivity contribution in [1.82, 2.24) is 0 Å². The van der Waals surface area contributed by atoms with Crippen molar-refractivity contribution in [3.8, 4) is 0 Å². The summed E-state index contributed by atoms with van der Waals surface area (Å²) in [4.78, 5) is 28.4. The van der Waals surface area contributed by atoms with Gasteiger partial charge in [-0.2, -0.15) is 0 Å². The lowest BCUT2D eigenvalue weighted by Gasteiger charge is -2.16. The van der Waals surface area contributed by atoms with Gasteiger partial charge in [-0.1, -0.05) is 41.9 Å². The average molecular weight is 445 g/mol. The van der Waals surface area contributed by atoms with Gasteiger partial charge in [0, 0.05) is 10.7 Å². The Morgan fingerprint density at radius 1 is 0.719 bits per heavy atom. The molecule has 0 bridgehead atoms. The van der Waals surface area contributed by atoms with Crippen LogP contribution in [0.25, 0.3) is 5.57 Å². The lowest BCUT2D eigenvalue weighted by molar-refractivity contribution is -0.120. The van der Waals surface area contributed by atoms with E-state index in [1.54, 1.807) is 12.1 Å². The minimum atomic E-state index is -0.401. The molecule has 4 nitrogen and oxygen atoms in total. The summed E-state index contributed by atoms with van der Waals surface area (Å²) in [7, 11) is 0. The van der Waals surface area contributed by atoms with Crippen molar-refractivity contribution in [2.45, 2.75) is 34.6 Å². The number of benzene rings is 3. The van der Waals surface area contributed by atoms with Crippen LogP contribution in [0.5, 0.6) is 0 Å². The van der Waals surface area contributed by atoms with E-state index in [0.29, 0.717) is 21.8 Å². The van der Waals surface area contributed by atoms with E-state index in [-0.39, 0.29) is 11.6 Å². The third-order valence-electron chi connectivity index (χ3n) is 5.78. The maximum absolute atomic E-state index is 13.6. The van der Waals surface area contributed by atoms with E-state index < -0.39 is 5.91 Å². The largest absolute Gasteiger partial charge is 0.350 e. The van der Waals surface area contributed by atoms with Crippen LogP contribution in [-0.2, 0) is 9.59 Å². The van der Waals surface area contributed by atoms with Gasteiger partial charge >= 0.3 is 0 Å². The van der Waals surface area contributed by atoms with E-state index >= 15 is 0 Å². The smallest absolute Gasteiger partial charge is 0.282 e. The highest BCUT2D eigenvalue weighted by atomic mass is 35.5. The van der Waals surface area contributed by atoms with Crippen molar-refractivity contribution in [2.75, 3.05) is 10.2 Å². The number of hydrogen-bond donors (Lipinski definition) is 1. The van der Waals surface area contributed by atoms with Crippen molar-refractivity contribution >= 4 is 40.4 Å². The topological polar surface area (TPSA) is 49.4 Å². The first-order chi connectivity index (χ1) is 15.2. The Bertz CT molecular complexity index is 1290. The number of imide groups is 1. The number of nitrogens with zero attached hydrogens (tertiary/aromatic N) is 1. The first-order valence-corrected chi connectivity index (χ1v) is 10.9. The Kier molecular flexibility index (Phi) is 5.66. The molecule has 0 fully saturated rings. The van der Waals surface area contributed by atoms with Gasteiger partial charge in [0.25, 0.3) is 11.8 Å². The Labute approximate surface area is 193 Å². The summed E-state index contributed by atoms with van der Waals surface area (Å²) in [5.74, 6) is -0.771. The minimum absolute atomic E-state index is 0.264. The number of amides is 2. The quantitative estimate of drug-likeness (QED) is 0.482. The number of aryl methyl sites for hydroxylation is 5. The van der Waals surface area contributed by atoms with Crippen LogP contribution in [0.4, 0.5) is 11.4 Å². The Morgan fingerprint density at radius 3 is 2.00 bits per heavy atom. The second kappa shape index (κ2) is 8.29. The molecule has 1 aliphatic rings. The van der Waals surface area contributed by atoms with E-state index in [9.17, 15) is 9.59 Å². The number of rotatable bonds is 4. The zero-order valence-electron chi connectivity index (χ0n) is 18.8. The molecule has 3 aromatic rings. The molecule has 1 heterocycles. The maximum Gasteiger partial charge on any atom is 0.282 e. The molecule has 0 saturated heterocycles. The zero-order chi connectivity index (χ0) is 23.2. The fourth-order valence-electron chi connectivity index (χ4n) is 3.96. The second-order valence-corrected chi connectivity index (χ2v) is 8.84. The molecule has 2 amide bonds. The molecule has 32 heavy (non-hydrogen) atoms. The van der Waals surface area contributed by atoms with Gasteiger partial charge < -0.3 is 5.32 Å². The van der Waals surface area contributed by atoms with Crippen LogP contribution in [0, 0.1) is 34.6 Å². The van der Waals surface area contributed by atoms with E-state index in [1.165, 1.54) is 4.90 Å². The van der Waals surface area contributed by atoms with Gasteiger partial charge in [0.1, 0.15) is 5.70 Å². The third-order valence-corrected chi connectivity index (χ3v) is 6.19. The van der Waals surface area contributed by atoms with Crippen molar-refractivity contribution < 1.29 is 9.59 Å². The first-order valence-electron chi connectivity index (χ1n) is 10.5. The molecule has 0 radical (unpaired) electrons. The Hall–Kier alpha value is -3.37. The van der Waals surface area contributed by atoms with Gasteiger partial charge in [-0.3, -0.25) is 9.59 Å². The summed E-state index contributed by atoms with van der Waals surface area (Å²) >= 11 is 6.30. The second-order valence-electron chi connectivity index (χ2n) is 8.43. The van der Waals surface area contributed by atoms with Crippen molar-refractivity contribution in [1.29, 1.82) is 0 Å². The Morgan fingerprint density at radius 2 is 1.38 bits per heavy atom. The number of anilines is 2. The molecule has 162 valence electrons. The summed E-state index contributed by atoms with van der Waals surface area (Å²) < 4.78 is 0. The molecule has 4 rings (SSSR count). The zero-order valence-corrected chi connectivity index (χ0v) is 19.6. The van der Waals surface area contributed by atoms with Crippen molar-refractivity contribution in [3.05, 3.63) is 98.7 Å². The molecule has 0 unspecified atom stereocenters. The number of halogens is 1. The molecule has 5 heteroatoms. The van der Waals surface area contributed by atoms with Crippen LogP contribution in [0.3, 0.4) is 0 Å². The summed E-state index contributed by atoms with van der Waals surface area (Å²) in [6.07, 6.45) is 0. The van der Waals surface area contributed by atoms with Crippen molar-refractivity contribution in [3.63, 3.8) is 0 Å². The van der Waals surface area contributed by atoms with Crippen LogP contribution in [-0.4, -0.2) is 11.8 Å². The standard InChI is InChI=1S/C27H25ClN2O2/c1-15-10-16(2)12-21(11-15)29-25-24(20-8-6-17(3)19(5)13-20)26(31)30(27(25)32)22-9-7-18(4)23(28)14-22/h6-14,29H,1-5H3. The normalized spacial score (nSPS) is 13.9. The number of hydrogen-bond acceptors (Lipinski definition) is 3. The molecule has 1 N–H and O–H groups in total. The number of carbonyl (C=O) groups is 2. The number of carbonyl (C=O) groups excluding carboxylic acids is 2. The van der Waals surface area contributed by atoms with Gasteiger partial charge in [-0.15, -0.1) is 0 Å². The molecule has 0 spiro atoms. The maximum atomic E-state index is 13.6. The van der Waals surface area contributed by atoms with E-state index in [1.807, 2.05) is 71.0 Å². The third kappa shape index (κ3) is 3.94. The molecule has 0 saturated carbocycles. The highest BCUT2D eigenvalue weighted by Gasteiger charge is 2.40. The van der Waals surface area contributed by atoms with Gasteiger partial charge in [0.15, 0.2) is 0 Å². The van der Waals surface area contributed by atoms with Crippen LogP contribution in [0.2, 0.25) is 5.02 Å². The Balaban J connectivity index is 1.86. The van der Waals surface area contributed by atoms with Gasteiger partial charge in [0.05, 0.1) is 11.3 Å². The molecule has 0 atom stereocenters. The first kappa shape index (κ1) is 21.8. The van der Waals surface area contributed by atoms with Gasteiger partial charge in [-0.05, 0) is 92.3 Å². The number of nitrogens with one attached hydrogen (secondary N) is 1. The summed E-state index contributed by atoms with van der Waals surface area (Å²) in [6.45, 7) is 9.89. The molecular weight excluding hydrogens is 420 g/mol. The molecule has 0 aliphatic carbocycles. The summed E-state index contributed by atoms with van der Waals surface area (Å²) in [5, 5.41) is 3.75. The van der Waals surface area contributed by atoms with Gasteiger partial charge in [0.2, 0.25) is 0 Å². The molecule has 0 aromatic heterocycles. The lowest BCUT2D eigenvalue weighted by atomic mass is 9.99. The van der Waals surface area contributed by atoms with E-state index in [4.69, 9.17) is 11.6 Å². The van der Waals surface area contributed by atoms with Crippen LogP contribution >= 0.6 is 11.6 Å². The summed E-state index contributed by atoms with van der Waals surface area (Å²) in [6, 6.07) is 17.0. The lowest BCUT2D eigenvalue weighted by Crippen LogP contribution is -2.32. The predicted molar refractivity (Wildman–Crippen MR) is 131 cm³/mol. The highest BCUT2D eigenvalue weighted by Crippen LogP contribution is 2.36. The van der Waals surface area contributed by atoms with Crippen LogP contribution in [0.1, 0.15) is 33.4 Å². The molecule has 3 aromatic carbocycles. The fourth-order valence-corrected chi connectivity index (χ4v) is 4.13. The average Bonchev–Trinajstić information content (AvgIpc) is 2.95. The molecule has 1 aliphatic heterocycles. The van der Waals surface area contributed by atoms with Crippen molar-refractivity contribution in [2.24, 2.45) is 0 Å². The fraction of sp³-hybridized carbons (Fsp3) is 0.185. The minimum Gasteiger partial charge on any atom is -0.350 e. The van der Waals surface area contributed by atoms with E-state index in [0.717, 1.165) is 33.5 Å². The molecular formula is C27H25ClN2O2. The van der Waals surface area contributed by atoms with Crippen LogP contribution in [0.15, 0.2) is 60.3 Å². The van der Waals surface area contributed by atoms with Crippen LogP contribution < -0.4 is 10.2 Å². The summed E-state index contributed by atoms with van der Waals surface area (Å²) in [5.41, 5.74) is 7.74. The highest BCUT2D eigenvalue weighted by molar-refractivity contribution is 6.46. The SMILES string of the molecule is Cc1cc(C)cc(NC2=C(c3ccc(C)c(C)c3)C(=O)N(c3ccc(C)c(Cl)c3)C2=O)c1. The van der Waals surface area contributed by atoms with E-state index in [2.05, 4.69) is 11.4 Å².